The van der Waals surface area contributed by atoms with Gasteiger partial charge in [0.1, 0.15) is 5.82 Å². The number of amides is 1. The zero-order chi connectivity index (χ0) is 14.0. The molecule has 98 valence electrons. The van der Waals surface area contributed by atoms with Crippen molar-refractivity contribution in [2.75, 3.05) is 5.32 Å². The van der Waals surface area contributed by atoms with Gasteiger partial charge in [-0.3, -0.25) is 4.79 Å². The molecule has 0 aliphatic carbocycles. The van der Waals surface area contributed by atoms with Gasteiger partial charge in [0.05, 0.1) is 5.56 Å². The van der Waals surface area contributed by atoms with Gasteiger partial charge in [0.25, 0.3) is 5.91 Å². The fourth-order valence-corrected chi connectivity index (χ4v) is 2.17. The van der Waals surface area contributed by atoms with Crippen molar-refractivity contribution >= 4 is 27.5 Å². The quantitative estimate of drug-likeness (QED) is 0.869. The summed E-state index contributed by atoms with van der Waals surface area (Å²) in [5, 5.41) is 2.80. The molecule has 0 bridgehead atoms. The third-order valence-electron chi connectivity index (χ3n) is 3.03. The highest BCUT2D eigenvalue weighted by Gasteiger charge is 2.12. The molecule has 0 fully saturated rings. The molecule has 0 saturated carbocycles. The van der Waals surface area contributed by atoms with Crippen LogP contribution in [-0.2, 0) is 0 Å². The van der Waals surface area contributed by atoms with E-state index in [-0.39, 0.29) is 11.5 Å². The second-order valence-corrected chi connectivity index (χ2v) is 5.18. The van der Waals surface area contributed by atoms with Crippen LogP contribution in [-0.4, -0.2) is 5.91 Å². The molecule has 2 nitrogen and oxygen atoms in total. The summed E-state index contributed by atoms with van der Waals surface area (Å²) < 4.78 is 13.8. The first-order valence-electron chi connectivity index (χ1n) is 5.81. The second kappa shape index (κ2) is 5.53. The first-order valence-corrected chi connectivity index (χ1v) is 6.61. The number of hydrogen-bond acceptors (Lipinski definition) is 1. The number of nitrogens with one attached hydrogen (secondary N) is 1. The molecule has 0 radical (unpaired) electrons. The Balaban J connectivity index is 2.31. The van der Waals surface area contributed by atoms with E-state index in [4.69, 9.17) is 0 Å². The third-order valence-corrected chi connectivity index (χ3v) is 3.72. The number of anilines is 1. The van der Waals surface area contributed by atoms with E-state index in [9.17, 15) is 9.18 Å². The predicted octanol–water partition coefficient (Wildman–Crippen LogP) is 4.46. The largest absolute Gasteiger partial charge is 0.322 e. The molecule has 0 unspecified atom stereocenters. The van der Waals surface area contributed by atoms with E-state index in [0.29, 0.717) is 4.47 Å². The Labute approximate surface area is 119 Å². The van der Waals surface area contributed by atoms with Gasteiger partial charge in [0, 0.05) is 10.2 Å². The van der Waals surface area contributed by atoms with Gasteiger partial charge in [-0.15, -0.1) is 0 Å². The molecule has 2 aromatic carbocycles. The molecule has 1 N–H and O–H groups in total. The van der Waals surface area contributed by atoms with Crippen LogP contribution in [0.25, 0.3) is 0 Å². The van der Waals surface area contributed by atoms with Gasteiger partial charge in [-0.2, -0.15) is 0 Å². The molecule has 0 atom stereocenters. The van der Waals surface area contributed by atoms with E-state index in [0.717, 1.165) is 16.8 Å². The molecule has 4 heteroatoms. The number of halogens is 2. The van der Waals surface area contributed by atoms with Crippen molar-refractivity contribution in [3.05, 3.63) is 63.4 Å². The highest BCUT2D eigenvalue weighted by Crippen LogP contribution is 2.22. The standard InChI is InChI=1S/C15H13BrFNO/c1-9-4-3-5-14(10(9)2)18-15(19)12-8-11(17)6-7-13(12)16/h3-8H,1-2H3,(H,18,19). The van der Waals surface area contributed by atoms with Gasteiger partial charge >= 0.3 is 0 Å². The van der Waals surface area contributed by atoms with Crippen LogP contribution in [0, 0.1) is 19.7 Å². The van der Waals surface area contributed by atoms with Gasteiger partial charge in [0.15, 0.2) is 0 Å². The minimum Gasteiger partial charge on any atom is -0.322 e. The lowest BCUT2D eigenvalue weighted by Crippen LogP contribution is -2.14. The molecule has 0 spiro atoms. The fraction of sp³-hybridized carbons (Fsp3) is 0.133. The van der Waals surface area contributed by atoms with Crippen LogP contribution >= 0.6 is 15.9 Å². The Morgan fingerprint density at radius 2 is 1.95 bits per heavy atom. The maximum absolute atomic E-state index is 13.2. The molecular weight excluding hydrogens is 309 g/mol. The molecule has 0 saturated heterocycles. The molecule has 0 aliphatic heterocycles. The minimum absolute atomic E-state index is 0.279. The van der Waals surface area contributed by atoms with Gasteiger partial charge in [0.2, 0.25) is 0 Å². The van der Waals surface area contributed by atoms with E-state index in [1.165, 1.54) is 18.2 Å². The highest BCUT2D eigenvalue weighted by atomic mass is 79.9. The molecule has 0 aliphatic rings. The van der Waals surface area contributed by atoms with Crippen molar-refractivity contribution in [2.45, 2.75) is 13.8 Å². The molecular formula is C15H13BrFNO. The molecule has 2 rings (SSSR count). The first-order chi connectivity index (χ1) is 8.99. The topological polar surface area (TPSA) is 29.1 Å². The summed E-state index contributed by atoms with van der Waals surface area (Å²) in [5.74, 6) is -0.769. The smallest absolute Gasteiger partial charge is 0.256 e. The monoisotopic (exact) mass is 321 g/mol. The van der Waals surface area contributed by atoms with E-state index in [2.05, 4.69) is 21.2 Å². The Hall–Kier alpha value is -1.68. The maximum Gasteiger partial charge on any atom is 0.256 e. The Kier molecular flexibility index (Phi) is 4.00. The molecule has 0 aromatic heterocycles. The van der Waals surface area contributed by atoms with Crippen molar-refractivity contribution in [3.8, 4) is 0 Å². The SMILES string of the molecule is Cc1cccc(NC(=O)c2cc(F)ccc2Br)c1C. The summed E-state index contributed by atoms with van der Waals surface area (Å²) >= 11 is 3.25. The van der Waals surface area contributed by atoms with Crippen LogP contribution in [0.15, 0.2) is 40.9 Å². The van der Waals surface area contributed by atoms with E-state index in [1.807, 2.05) is 32.0 Å². The van der Waals surface area contributed by atoms with Gasteiger partial charge < -0.3 is 5.32 Å². The third kappa shape index (κ3) is 3.01. The van der Waals surface area contributed by atoms with Crippen molar-refractivity contribution in [3.63, 3.8) is 0 Å². The van der Waals surface area contributed by atoms with Crippen molar-refractivity contribution in [1.82, 2.24) is 0 Å². The van der Waals surface area contributed by atoms with Crippen LogP contribution in [0.3, 0.4) is 0 Å². The molecule has 0 heterocycles. The first kappa shape index (κ1) is 13.7. The van der Waals surface area contributed by atoms with Gasteiger partial charge in [-0.25, -0.2) is 4.39 Å². The van der Waals surface area contributed by atoms with Crippen molar-refractivity contribution < 1.29 is 9.18 Å². The summed E-state index contributed by atoms with van der Waals surface area (Å²) in [4.78, 5) is 12.1. The minimum atomic E-state index is -0.436. The number of hydrogen-bond donors (Lipinski definition) is 1. The summed E-state index contributed by atoms with van der Waals surface area (Å²) in [7, 11) is 0. The van der Waals surface area contributed by atoms with E-state index < -0.39 is 5.82 Å². The fourth-order valence-electron chi connectivity index (χ4n) is 1.75. The van der Waals surface area contributed by atoms with Gasteiger partial charge in [-0.1, -0.05) is 12.1 Å². The summed E-state index contributed by atoms with van der Waals surface area (Å²) in [6.07, 6.45) is 0. The van der Waals surface area contributed by atoms with E-state index in [1.54, 1.807) is 0 Å². The summed E-state index contributed by atoms with van der Waals surface area (Å²) in [6, 6.07) is 9.71. The van der Waals surface area contributed by atoms with Crippen molar-refractivity contribution in [2.24, 2.45) is 0 Å². The second-order valence-electron chi connectivity index (χ2n) is 4.33. The maximum atomic E-state index is 13.2. The molecule has 1 amide bonds. The van der Waals surface area contributed by atoms with Crippen LogP contribution in [0.1, 0.15) is 21.5 Å². The lowest BCUT2D eigenvalue weighted by molar-refractivity contribution is 0.102. The molecule has 19 heavy (non-hydrogen) atoms. The normalized spacial score (nSPS) is 10.3. The number of carbonyl (C=O) groups is 1. The van der Waals surface area contributed by atoms with Gasteiger partial charge in [-0.05, 0) is 65.2 Å². The van der Waals surface area contributed by atoms with Crippen LogP contribution in [0.4, 0.5) is 10.1 Å². The highest BCUT2D eigenvalue weighted by molar-refractivity contribution is 9.10. The van der Waals surface area contributed by atoms with E-state index >= 15 is 0 Å². The van der Waals surface area contributed by atoms with Crippen LogP contribution in [0.5, 0.6) is 0 Å². The Bertz CT molecular complexity index is 640. The Morgan fingerprint density at radius 3 is 2.68 bits per heavy atom. The summed E-state index contributed by atoms with van der Waals surface area (Å²) in [6.45, 7) is 3.91. The predicted molar refractivity (Wildman–Crippen MR) is 78.0 cm³/mol. The van der Waals surface area contributed by atoms with Crippen molar-refractivity contribution in [1.29, 1.82) is 0 Å². The Morgan fingerprint density at radius 1 is 1.21 bits per heavy atom. The molecule has 2 aromatic rings. The number of carbonyl (C=O) groups excluding carboxylic acids is 1. The number of aryl methyl sites for hydroxylation is 1. The van der Waals surface area contributed by atoms with Crippen LogP contribution in [0.2, 0.25) is 0 Å². The zero-order valence-corrected chi connectivity index (χ0v) is 12.2. The summed E-state index contributed by atoms with van der Waals surface area (Å²) in [5.41, 5.74) is 3.11. The lowest BCUT2D eigenvalue weighted by atomic mass is 10.1. The number of benzene rings is 2. The lowest BCUT2D eigenvalue weighted by Gasteiger charge is -2.11. The average Bonchev–Trinajstić information content (AvgIpc) is 2.38. The van der Waals surface area contributed by atoms with Crippen LogP contribution < -0.4 is 5.32 Å². The average molecular weight is 322 g/mol. The number of rotatable bonds is 2. The zero-order valence-electron chi connectivity index (χ0n) is 10.6.